The second-order valence-corrected chi connectivity index (χ2v) is 7.99. The molecule has 0 aromatic heterocycles. The molecule has 4 rings (SSSR count). The van der Waals surface area contributed by atoms with Crippen molar-refractivity contribution in [1.29, 1.82) is 0 Å². The fraction of sp³-hybridized carbons (Fsp3) is 0.231. The van der Waals surface area contributed by atoms with E-state index in [4.69, 9.17) is 9.47 Å². The first-order chi connectivity index (χ1) is 15.5. The van der Waals surface area contributed by atoms with E-state index in [1.54, 1.807) is 50.3 Å². The molecule has 0 unspecified atom stereocenters. The minimum absolute atomic E-state index is 0.231. The van der Waals surface area contributed by atoms with E-state index >= 15 is 0 Å². The maximum absolute atomic E-state index is 13.7. The summed E-state index contributed by atoms with van der Waals surface area (Å²) in [5.74, 6) is 0.613. The number of benzene rings is 3. The molecule has 0 saturated heterocycles. The molecule has 3 aromatic rings. The van der Waals surface area contributed by atoms with E-state index in [9.17, 15) is 9.59 Å². The van der Waals surface area contributed by atoms with E-state index in [0.29, 0.717) is 35.7 Å². The SMILES string of the molecule is COc1cc(OC)cc(N2C(=O)c3ccccc3C[C@]2(C)C(=O)NCc2ccccc2)c1. The second-order valence-electron chi connectivity index (χ2n) is 7.99. The van der Waals surface area contributed by atoms with Crippen molar-refractivity contribution in [2.24, 2.45) is 0 Å². The third-order valence-electron chi connectivity index (χ3n) is 5.86. The van der Waals surface area contributed by atoms with Crippen LogP contribution in [0, 0.1) is 0 Å². The summed E-state index contributed by atoms with van der Waals surface area (Å²) in [7, 11) is 3.11. The molecule has 6 nitrogen and oxygen atoms in total. The molecule has 1 aliphatic rings. The Kier molecular flexibility index (Phi) is 5.86. The highest BCUT2D eigenvalue weighted by atomic mass is 16.5. The normalized spacial score (nSPS) is 17.5. The van der Waals surface area contributed by atoms with Gasteiger partial charge in [-0.05, 0) is 24.1 Å². The van der Waals surface area contributed by atoms with Crippen molar-refractivity contribution in [3.05, 3.63) is 89.5 Å². The number of methoxy groups -OCH3 is 2. The van der Waals surface area contributed by atoms with Gasteiger partial charge in [0.25, 0.3) is 5.91 Å². The quantitative estimate of drug-likeness (QED) is 0.642. The highest BCUT2D eigenvalue weighted by Crippen LogP contribution is 2.38. The van der Waals surface area contributed by atoms with E-state index in [0.717, 1.165) is 11.1 Å². The van der Waals surface area contributed by atoms with Crippen molar-refractivity contribution in [2.45, 2.75) is 25.4 Å². The highest BCUT2D eigenvalue weighted by Gasteiger charge is 2.47. The minimum atomic E-state index is -1.14. The van der Waals surface area contributed by atoms with Gasteiger partial charge in [0.2, 0.25) is 5.91 Å². The summed E-state index contributed by atoms with van der Waals surface area (Å²) in [5, 5.41) is 3.02. The summed E-state index contributed by atoms with van der Waals surface area (Å²) in [6.07, 6.45) is 0.384. The van der Waals surface area contributed by atoms with Gasteiger partial charge in [0.1, 0.15) is 17.0 Å². The maximum atomic E-state index is 13.7. The molecule has 1 atom stereocenters. The average molecular weight is 431 g/mol. The fourth-order valence-electron chi connectivity index (χ4n) is 4.15. The molecule has 1 N–H and O–H groups in total. The molecule has 164 valence electrons. The van der Waals surface area contributed by atoms with Crippen molar-refractivity contribution in [2.75, 3.05) is 19.1 Å². The Balaban J connectivity index is 1.77. The van der Waals surface area contributed by atoms with Crippen molar-refractivity contribution < 1.29 is 19.1 Å². The summed E-state index contributed by atoms with van der Waals surface area (Å²) in [6, 6.07) is 22.3. The summed E-state index contributed by atoms with van der Waals surface area (Å²) in [4.78, 5) is 28.8. The summed E-state index contributed by atoms with van der Waals surface area (Å²) in [6.45, 7) is 2.17. The van der Waals surface area contributed by atoms with Crippen LogP contribution in [0.25, 0.3) is 0 Å². The van der Waals surface area contributed by atoms with Crippen molar-refractivity contribution in [3.63, 3.8) is 0 Å². The first kappa shape index (κ1) is 21.4. The standard InChI is InChI=1S/C26H26N2O4/c1-26(25(30)27-17-18-9-5-4-6-10-18)16-19-11-7-8-12-23(19)24(29)28(26)20-13-21(31-2)15-22(14-20)32-3/h4-15H,16-17H2,1-3H3,(H,27,30)/t26-/m1/s1. The predicted molar refractivity (Wildman–Crippen MR) is 123 cm³/mol. The number of nitrogens with one attached hydrogen (secondary N) is 1. The molecular weight excluding hydrogens is 404 g/mol. The van der Waals surface area contributed by atoms with Gasteiger partial charge in [-0.1, -0.05) is 48.5 Å². The molecule has 0 radical (unpaired) electrons. The fourth-order valence-corrected chi connectivity index (χ4v) is 4.15. The topological polar surface area (TPSA) is 67.9 Å². The lowest BCUT2D eigenvalue weighted by atomic mass is 9.82. The summed E-state index contributed by atoms with van der Waals surface area (Å²) < 4.78 is 10.8. The molecule has 0 fully saturated rings. The van der Waals surface area contributed by atoms with Gasteiger partial charge in [0.05, 0.1) is 19.9 Å². The number of hydrogen-bond acceptors (Lipinski definition) is 4. The average Bonchev–Trinajstić information content (AvgIpc) is 2.82. The van der Waals surface area contributed by atoms with Crippen molar-refractivity contribution in [3.8, 4) is 11.5 Å². The molecule has 2 amide bonds. The number of fused-ring (bicyclic) bond motifs is 1. The van der Waals surface area contributed by atoms with Gasteiger partial charge in [-0.15, -0.1) is 0 Å². The van der Waals surface area contributed by atoms with Gasteiger partial charge in [0, 0.05) is 36.7 Å². The molecule has 1 heterocycles. The van der Waals surface area contributed by atoms with Gasteiger partial charge in [-0.2, -0.15) is 0 Å². The summed E-state index contributed by atoms with van der Waals surface area (Å²) in [5.41, 5.74) is 1.82. The van der Waals surface area contributed by atoms with Gasteiger partial charge >= 0.3 is 0 Å². The largest absolute Gasteiger partial charge is 0.497 e. The number of carbonyl (C=O) groups excluding carboxylic acids is 2. The Hall–Kier alpha value is -3.80. The number of amides is 2. The van der Waals surface area contributed by atoms with E-state index in [1.807, 2.05) is 48.5 Å². The lowest BCUT2D eigenvalue weighted by Crippen LogP contribution is -2.63. The molecule has 1 aliphatic heterocycles. The van der Waals surface area contributed by atoms with Crippen LogP contribution in [0.15, 0.2) is 72.8 Å². The Morgan fingerprint density at radius 2 is 1.59 bits per heavy atom. The zero-order chi connectivity index (χ0) is 22.7. The molecule has 3 aromatic carbocycles. The van der Waals surface area contributed by atoms with Crippen molar-refractivity contribution in [1.82, 2.24) is 5.32 Å². The predicted octanol–water partition coefficient (Wildman–Crippen LogP) is 3.98. The Morgan fingerprint density at radius 1 is 0.969 bits per heavy atom. The van der Waals surface area contributed by atoms with Crippen LogP contribution in [0.4, 0.5) is 5.69 Å². The Bertz CT molecular complexity index is 1120. The van der Waals surface area contributed by atoms with Gasteiger partial charge in [0.15, 0.2) is 0 Å². The van der Waals surface area contributed by atoms with E-state index in [1.165, 1.54) is 0 Å². The van der Waals surface area contributed by atoms with Crippen LogP contribution in [0.3, 0.4) is 0 Å². The van der Waals surface area contributed by atoms with Gasteiger partial charge < -0.3 is 14.8 Å². The Morgan fingerprint density at radius 3 is 2.25 bits per heavy atom. The van der Waals surface area contributed by atoms with E-state index in [2.05, 4.69) is 5.32 Å². The van der Waals surface area contributed by atoms with Crippen LogP contribution >= 0.6 is 0 Å². The van der Waals surface area contributed by atoms with Crippen LogP contribution in [-0.2, 0) is 17.8 Å². The minimum Gasteiger partial charge on any atom is -0.497 e. The number of carbonyl (C=O) groups is 2. The second kappa shape index (κ2) is 8.75. The zero-order valence-electron chi connectivity index (χ0n) is 18.4. The number of anilines is 1. The number of ether oxygens (including phenoxy) is 2. The highest BCUT2D eigenvalue weighted by molar-refractivity contribution is 6.14. The summed E-state index contributed by atoms with van der Waals surface area (Å²) >= 11 is 0. The van der Waals surface area contributed by atoms with Crippen LogP contribution in [0.1, 0.15) is 28.4 Å². The lowest BCUT2D eigenvalue weighted by Gasteiger charge is -2.44. The third kappa shape index (κ3) is 3.91. The third-order valence-corrected chi connectivity index (χ3v) is 5.86. The van der Waals surface area contributed by atoms with Gasteiger partial charge in [-0.25, -0.2) is 0 Å². The molecule has 6 heteroatoms. The molecule has 0 spiro atoms. The van der Waals surface area contributed by atoms with Crippen molar-refractivity contribution >= 4 is 17.5 Å². The van der Waals surface area contributed by atoms with Crippen LogP contribution in [-0.4, -0.2) is 31.6 Å². The lowest BCUT2D eigenvalue weighted by molar-refractivity contribution is -0.126. The monoisotopic (exact) mass is 430 g/mol. The molecule has 0 bridgehead atoms. The van der Waals surface area contributed by atoms with Crippen LogP contribution in [0.5, 0.6) is 11.5 Å². The first-order valence-corrected chi connectivity index (χ1v) is 10.4. The Labute approximate surface area is 187 Å². The van der Waals surface area contributed by atoms with E-state index < -0.39 is 5.54 Å². The first-order valence-electron chi connectivity index (χ1n) is 10.4. The number of hydrogen-bond donors (Lipinski definition) is 1. The van der Waals surface area contributed by atoms with E-state index in [-0.39, 0.29) is 11.8 Å². The van der Waals surface area contributed by atoms with Gasteiger partial charge in [-0.3, -0.25) is 14.5 Å². The molecular formula is C26H26N2O4. The number of nitrogens with zero attached hydrogens (tertiary/aromatic N) is 1. The molecule has 0 aliphatic carbocycles. The molecule has 0 saturated carbocycles. The smallest absolute Gasteiger partial charge is 0.259 e. The zero-order valence-corrected chi connectivity index (χ0v) is 18.4. The van der Waals surface area contributed by atoms with Crippen LogP contribution < -0.4 is 19.7 Å². The maximum Gasteiger partial charge on any atom is 0.259 e. The van der Waals surface area contributed by atoms with Crippen LogP contribution in [0.2, 0.25) is 0 Å². The number of rotatable bonds is 6. The molecule has 32 heavy (non-hydrogen) atoms.